The number of anilines is 1. The van der Waals surface area contributed by atoms with Crippen LogP contribution < -0.4 is 21.3 Å². The first kappa shape index (κ1) is 38.3. The molecule has 15 nitrogen and oxygen atoms in total. The number of hydrogen-bond donors (Lipinski definition) is 5. The predicted octanol–water partition coefficient (Wildman–Crippen LogP) is 2.48. The zero-order chi connectivity index (χ0) is 35.7. The third-order valence-electron chi connectivity index (χ3n) is 6.29. The first-order chi connectivity index (χ1) is 22.3. The van der Waals surface area contributed by atoms with E-state index in [9.17, 15) is 24.3 Å². The Labute approximate surface area is 284 Å². The highest BCUT2D eigenvalue weighted by molar-refractivity contribution is 7.14. The topological polar surface area (TPSA) is 199 Å². The Kier molecular flexibility index (Phi) is 13.0. The minimum Gasteiger partial charge on any atom is -0.457 e. The molecule has 1 unspecified atom stereocenters. The van der Waals surface area contributed by atoms with Crippen LogP contribution in [0.2, 0.25) is 0 Å². The van der Waals surface area contributed by atoms with Crippen molar-refractivity contribution < 1.29 is 43.3 Å². The van der Waals surface area contributed by atoms with Crippen LogP contribution in [0.25, 0.3) is 0 Å². The fourth-order valence-corrected chi connectivity index (χ4v) is 4.65. The highest BCUT2D eigenvalue weighted by Crippen LogP contribution is 2.21. The van der Waals surface area contributed by atoms with Gasteiger partial charge in [-0.3, -0.25) is 14.9 Å². The molecule has 1 aromatic heterocycles. The van der Waals surface area contributed by atoms with Crippen molar-refractivity contribution in [3.8, 4) is 0 Å². The van der Waals surface area contributed by atoms with Crippen LogP contribution in [0.5, 0.6) is 0 Å². The number of aromatic nitrogens is 1. The summed E-state index contributed by atoms with van der Waals surface area (Å²) in [7, 11) is 0. The molecule has 1 aromatic carbocycles. The molecule has 1 aliphatic heterocycles. The molecule has 0 radical (unpaired) electrons. The van der Waals surface area contributed by atoms with Gasteiger partial charge in [0.25, 0.3) is 5.91 Å². The molecular formula is C32H46N6O9S. The molecule has 2 heterocycles. The molecule has 1 fully saturated rings. The van der Waals surface area contributed by atoms with Gasteiger partial charge in [-0.15, -0.1) is 11.3 Å². The second-order valence-corrected chi connectivity index (χ2v) is 14.4. The Morgan fingerprint density at radius 1 is 1.04 bits per heavy atom. The van der Waals surface area contributed by atoms with Crippen molar-refractivity contribution in [2.75, 3.05) is 25.0 Å². The Morgan fingerprint density at radius 3 is 2.33 bits per heavy atom. The zero-order valence-corrected chi connectivity index (χ0v) is 29.4. The van der Waals surface area contributed by atoms with Crippen LogP contribution in [0.3, 0.4) is 0 Å². The number of hydrogen-bond acceptors (Lipinski definition) is 13. The standard InChI is InChI=1S/C32H46N6O9S/c1-30(2,3)45-27(42)32(7,8)47-38-24(22-18-48-28(35-22)37-29(43)46-31(4,5)6)26(41)36-23-21(34-25(23)40)15-33-14-20(39)17-44-16-19-12-10-9-11-13-19/h9-13,18,20-21,23,33,39H,14-17H2,1-8H3,(H,34,40)(H,36,41)(H,35,37,43)/t20?,21-,23+/m1/s1. The number of ether oxygens (including phenoxy) is 3. The number of carbonyl (C=O) groups excluding carboxylic acids is 4. The molecule has 1 saturated heterocycles. The molecule has 16 heteroatoms. The Bertz CT molecular complexity index is 1450. The molecule has 0 bridgehead atoms. The molecule has 2 aromatic rings. The normalized spacial score (nSPS) is 17.4. The van der Waals surface area contributed by atoms with Crippen LogP contribution in [0.4, 0.5) is 9.93 Å². The lowest BCUT2D eigenvalue weighted by molar-refractivity contribution is -0.179. The van der Waals surface area contributed by atoms with Gasteiger partial charge in [-0.05, 0) is 61.0 Å². The van der Waals surface area contributed by atoms with Crippen molar-refractivity contribution >= 4 is 46.1 Å². The van der Waals surface area contributed by atoms with Crippen molar-refractivity contribution in [2.45, 2.75) is 97.0 Å². The summed E-state index contributed by atoms with van der Waals surface area (Å²) in [6.07, 6.45) is -1.54. The maximum Gasteiger partial charge on any atom is 0.413 e. The number of rotatable bonds is 15. The van der Waals surface area contributed by atoms with Gasteiger partial charge in [-0.2, -0.15) is 0 Å². The van der Waals surface area contributed by atoms with E-state index in [1.165, 1.54) is 19.2 Å². The van der Waals surface area contributed by atoms with Gasteiger partial charge in [0.2, 0.25) is 11.5 Å². The second-order valence-electron chi connectivity index (χ2n) is 13.6. The zero-order valence-electron chi connectivity index (χ0n) is 28.5. The van der Waals surface area contributed by atoms with Gasteiger partial charge in [-0.1, -0.05) is 35.5 Å². The van der Waals surface area contributed by atoms with Crippen LogP contribution in [-0.2, 0) is 40.0 Å². The maximum atomic E-state index is 13.5. The van der Waals surface area contributed by atoms with E-state index in [1.54, 1.807) is 41.5 Å². The van der Waals surface area contributed by atoms with Gasteiger partial charge in [-0.25, -0.2) is 14.6 Å². The number of carbonyl (C=O) groups is 4. The van der Waals surface area contributed by atoms with Crippen LogP contribution in [0.15, 0.2) is 40.9 Å². The van der Waals surface area contributed by atoms with Crippen LogP contribution >= 0.6 is 11.3 Å². The maximum absolute atomic E-state index is 13.5. The Morgan fingerprint density at radius 2 is 1.71 bits per heavy atom. The third kappa shape index (κ3) is 12.5. The largest absolute Gasteiger partial charge is 0.457 e. The van der Waals surface area contributed by atoms with E-state index in [1.807, 2.05) is 30.3 Å². The minimum atomic E-state index is -1.60. The van der Waals surface area contributed by atoms with Gasteiger partial charge in [0.05, 0.1) is 25.4 Å². The number of nitrogens with zero attached hydrogens (tertiary/aromatic N) is 2. The van der Waals surface area contributed by atoms with Crippen LogP contribution in [0, 0.1) is 0 Å². The van der Waals surface area contributed by atoms with E-state index >= 15 is 0 Å². The number of benzene rings is 1. The Balaban J connectivity index is 1.66. The number of β-lactam (4-membered cyclic amide) rings is 1. The number of oxime groups is 1. The lowest BCUT2D eigenvalue weighted by Crippen LogP contribution is -2.72. The summed E-state index contributed by atoms with van der Waals surface area (Å²) in [5.41, 5.74) is -2.50. The summed E-state index contributed by atoms with van der Waals surface area (Å²) in [5.74, 6) is -1.97. The second kappa shape index (κ2) is 16.3. The van der Waals surface area contributed by atoms with Crippen LogP contribution in [-0.4, -0.2) is 94.4 Å². The number of esters is 1. The summed E-state index contributed by atoms with van der Waals surface area (Å²) < 4.78 is 16.2. The lowest BCUT2D eigenvalue weighted by atomic mass is 9.98. The quantitative estimate of drug-likeness (QED) is 0.0796. The summed E-state index contributed by atoms with van der Waals surface area (Å²) in [6, 6.07) is 8.13. The molecule has 1 aliphatic rings. The number of nitrogens with one attached hydrogen (secondary N) is 4. The summed E-state index contributed by atoms with van der Waals surface area (Å²) in [6.45, 7) is 14.0. The smallest absolute Gasteiger partial charge is 0.413 e. The van der Waals surface area contributed by atoms with E-state index < -0.39 is 58.9 Å². The molecule has 3 amide bonds. The summed E-state index contributed by atoms with van der Waals surface area (Å²) >= 11 is 1.00. The average Bonchev–Trinajstić information content (AvgIpc) is 3.41. The van der Waals surface area contributed by atoms with Crippen molar-refractivity contribution in [3.63, 3.8) is 0 Å². The first-order valence-electron chi connectivity index (χ1n) is 15.4. The average molecular weight is 691 g/mol. The minimum absolute atomic E-state index is 0.0107. The molecule has 3 rings (SSSR count). The van der Waals surface area contributed by atoms with Gasteiger partial charge in [0, 0.05) is 18.5 Å². The molecule has 48 heavy (non-hydrogen) atoms. The van der Waals surface area contributed by atoms with Gasteiger partial charge < -0.3 is 40.1 Å². The van der Waals surface area contributed by atoms with Crippen molar-refractivity contribution in [3.05, 3.63) is 47.0 Å². The van der Waals surface area contributed by atoms with Crippen molar-refractivity contribution in [1.29, 1.82) is 0 Å². The number of aliphatic hydroxyl groups excluding tert-OH is 1. The van der Waals surface area contributed by atoms with Gasteiger partial charge >= 0.3 is 12.1 Å². The number of aliphatic hydroxyl groups is 1. The summed E-state index contributed by atoms with van der Waals surface area (Å²) in [5, 5.41) is 26.8. The molecule has 0 saturated carbocycles. The van der Waals surface area contributed by atoms with E-state index in [0.717, 1.165) is 16.9 Å². The molecule has 0 spiro atoms. The van der Waals surface area contributed by atoms with E-state index in [-0.39, 0.29) is 36.2 Å². The van der Waals surface area contributed by atoms with Crippen molar-refractivity contribution in [1.82, 2.24) is 20.9 Å². The fourth-order valence-electron chi connectivity index (χ4n) is 3.97. The first-order valence-corrected chi connectivity index (χ1v) is 16.3. The third-order valence-corrected chi connectivity index (χ3v) is 7.05. The van der Waals surface area contributed by atoms with Crippen LogP contribution in [0.1, 0.15) is 66.6 Å². The molecule has 5 N–H and O–H groups in total. The molecule has 3 atom stereocenters. The number of thiazole rings is 1. The molecular weight excluding hydrogens is 644 g/mol. The SMILES string of the molecule is CC(C)(C)OC(=O)Nc1nc(C(=NOC(C)(C)C(=O)OC(C)(C)C)C(=O)N[C@@H]2C(=O)N[C@@H]2CNCC(O)COCc2ccccc2)cs1. The highest BCUT2D eigenvalue weighted by atomic mass is 32.1. The van der Waals surface area contributed by atoms with Gasteiger partial charge in [0.1, 0.15) is 22.9 Å². The molecule has 0 aliphatic carbocycles. The number of amides is 3. The van der Waals surface area contributed by atoms with Crippen molar-refractivity contribution in [2.24, 2.45) is 5.16 Å². The monoisotopic (exact) mass is 690 g/mol. The van der Waals surface area contributed by atoms with E-state index in [2.05, 4.69) is 31.4 Å². The predicted molar refractivity (Wildman–Crippen MR) is 178 cm³/mol. The lowest BCUT2D eigenvalue weighted by Gasteiger charge is -2.37. The highest BCUT2D eigenvalue weighted by Gasteiger charge is 2.41. The summed E-state index contributed by atoms with van der Waals surface area (Å²) in [4.78, 5) is 60.8. The molecule has 264 valence electrons. The van der Waals surface area contributed by atoms with Gasteiger partial charge in [0.15, 0.2) is 10.8 Å². The van der Waals surface area contributed by atoms with E-state index in [4.69, 9.17) is 19.0 Å². The van der Waals surface area contributed by atoms with E-state index in [0.29, 0.717) is 6.61 Å². The fraction of sp³-hybridized carbons (Fsp3) is 0.562. The Hall–Kier alpha value is -4.12.